The van der Waals surface area contributed by atoms with Crippen LogP contribution in [0.25, 0.3) is 15.9 Å². The molecule has 6 nitrogen and oxygen atoms in total. The first kappa shape index (κ1) is 20.2. The fourth-order valence-electron chi connectivity index (χ4n) is 3.63. The lowest BCUT2D eigenvalue weighted by Gasteiger charge is -2.16. The molecule has 7 heteroatoms. The largest absolute Gasteiger partial charge is 0.487 e. The number of ether oxygens (including phenoxy) is 1. The number of carbonyl (C=O) groups excluding carboxylic acids is 1. The first-order valence-corrected chi connectivity index (χ1v) is 11.1. The van der Waals surface area contributed by atoms with E-state index in [1.165, 1.54) is 0 Å². The molecule has 0 atom stereocenters. The second-order valence-electron chi connectivity index (χ2n) is 7.71. The zero-order valence-corrected chi connectivity index (χ0v) is 18.7. The van der Waals surface area contributed by atoms with Gasteiger partial charge in [-0.25, -0.2) is 9.97 Å². The number of aromatic nitrogens is 3. The Hall–Kier alpha value is -3.71. The summed E-state index contributed by atoms with van der Waals surface area (Å²) in [5, 5.41) is 0.914. The Labute approximate surface area is 189 Å². The predicted molar refractivity (Wildman–Crippen MR) is 126 cm³/mol. The maximum atomic E-state index is 13.0. The Morgan fingerprint density at radius 2 is 1.97 bits per heavy atom. The van der Waals surface area contributed by atoms with Gasteiger partial charge in [-0.15, -0.1) is 11.3 Å². The maximum absolute atomic E-state index is 13.0. The number of hydrogen-bond acceptors (Lipinski definition) is 5. The van der Waals surface area contributed by atoms with Crippen molar-refractivity contribution < 1.29 is 9.53 Å². The van der Waals surface area contributed by atoms with Gasteiger partial charge < -0.3 is 14.0 Å². The molecule has 160 valence electrons. The predicted octanol–water partition coefficient (Wildman–Crippen LogP) is 5.10. The molecule has 0 spiro atoms. The summed E-state index contributed by atoms with van der Waals surface area (Å²) >= 11 is 1.61. The number of amides is 1. The standard InChI is InChI=1S/C25H22N4O2S/c1-17-7-6-12-29-14-19(26-24(17)29)16-31-20-9-5-8-18(13-20)25(30)28(2)15-23-27-21-10-3-4-11-22(21)32-23/h3-14H,15-16H2,1-2H3. The van der Waals surface area contributed by atoms with Crippen LogP contribution in [0.1, 0.15) is 26.6 Å². The molecule has 5 rings (SSSR count). The molecule has 2 aromatic carbocycles. The van der Waals surface area contributed by atoms with E-state index in [2.05, 4.69) is 9.97 Å². The molecule has 0 bridgehead atoms. The van der Waals surface area contributed by atoms with Gasteiger partial charge in [0.1, 0.15) is 23.0 Å². The van der Waals surface area contributed by atoms with E-state index < -0.39 is 0 Å². The third-order valence-corrected chi connectivity index (χ3v) is 6.27. The summed E-state index contributed by atoms with van der Waals surface area (Å²) in [7, 11) is 1.79. The number of aryl methyl sites for hydroxylation is 1. The molecule has 5 aromatic rings. The fourth-order valence-corrected chi connectivity index (χ4v) is 4.65. The van der Waals surface area contributed by atoms with E-state index in [-0.39, 0.29) is 5.91 Å². The van der Waals surface area contributed by atoms with Crippen LogP contribution in [-0.2, 0) is 13.2 Å². The van der Waals surface area contributed by atoms with Crippen LogP contribution in [0.5, 0.6) is 5.75 Å². The number of thiazole rings is 1. The van der Waals surface area contributed by atoms with E-state index in [1.54, 1.807) is 35.4 Å². The zero-order chi connectivity index (χ0) is 22.1. The second kappa shape index (κ2) is 8.43. The molecule has 0 saturated heterocycles. The number of nitrogens with zero attached hydrogens (tertiary/aromatic N) is 4. The van der Waals surface area contributed by atoms with E-state index in [0.717, 1.165) is 32.1 Å². The van der Waals surface area contributed by atoms with Gasteiger partial charge in [0, 0.05) is 25.0 Å². The molecule has 0 fully saturated rings. The highest BCUT2D eigenvalue weighted by Gasteiger charge is 2.15. The molecule has 0 aliphatic carbocycles. The van der Waals surface area contributed by atoms with Gasteiger partial charge in [0.2, 0.25) is 0 Å². The van der Waals surface area contributed by atoms with Crippen molar-refractivity contribution in [2.75, 3.05) is 7.05 Å². The van der Waals surface area contributed by atoms with Gasteiger partial charge in [0.15, 0.2) is 0 Å². The summed E-state index contributed by atoms with van der Waals surface area (Å²) in [4.78, 5) is 23.9. The number of pyridine rings is 1. The number of rotatable bonds is 6. The van der Waals surface area contributed by atoms with Crippen LogP contribution in [0.2, 0.25) is 0 Å². The molecule has 0 aliphatic rings. The summed E-state index contributed by atoms with van der Waals surface area (Å²) in [6, 6.07) is 19.3. The minimum absolute atomic E-state index is 0.0712. The van der Waals surface area contributed by atoms with Gasteiger partial charge in [-0.1, -0.05) is 24.3 Å². The van der Waals surface area contributed by atoms with Crippen molar-refractivity contribution in [2.24, 2.45) is 0 Å². The van der Waals surface area contributed by atoms with Crippen molar-refractivity contribution in [2.45, 2.75) is 20.1 Å². The quantitative estimate of drug-likeness (QED) is 0.367. The van der Waals surface area contributed by atoms with E-state index in [0.29, 0.717) is 24.5 Å². The van der Waals surface area contributed by atoms with Crippen LogP contribution in [0.4, 0.5) is 0 Å². The lowest BCUT2D eigenvalue weighted by molar-refractivity contribution is 0.0784. The molecule has 3 aromatic heterocycles. The molecule has 0 N–H and O–H groups in total. The van der Waals surface area contributed by atoms with E-state index in [4.69, 9.17) is 4.74 Å². The van der Waals surface area contributed by atoms with Crippen molar-refractivity contribution in [3.05, 3.63) is 94.9 Å². The SMILES string of the molecule is Cc1cccn2cc(COc3cccc(C(=O)N(C)Cc4nc5ccccc5s4)c3)nc12. The topological polar surface area (TPSA) is 59.7 Å². The number of carbonyl (C=O) groups is 1. The van der Waals surface area contributed by atoms with Gasteiger partial charge in [0.05, 0.1) is 22.5 Å². The summed E-state index contributed by atoms with van der Waals surface area (Å²) in [6.45, 7) is 2.83. The van der Waals surface area contributed by atoms with Crippen molar-refractivity contribution >= 4 is 33.1 Å². The van der Waals surface area contributed by atoms with Crippen molar-refractivity contribution in [1.29, 1.82) is 0 Å². The molecule has 1 amide bonds. The summed E-state index contributed by atoms with van der Waals surface area (Å²) < 4.78 is 9.05. The molecular weight excluding hydrogens is 420 g/mol. The summed E-state index contributed by atoms with van der Waals surface area (Å²) in [6.07, 6.45) is 3.93. The smallest absolute Gasteiger partial charge is 0.254 e. The first-order chi connectivity index (χ1) is 15.6. The number of imidazole rings is 1. The Balaban J connectivity index is 1.27. The van der Waals surface area contributed by atoms with Crippen LogP contribution < -0.4 is 4.74 Å². The Bertz CT molecular complexity index is 1390. The Morgan fingerprint density at radius 3 is 2.81 bits per heavy atom. The molecule has 0 radical (unpaired) electrons. The third kappa shape index (κ3) is 4.07. The minimum atomic E-state index is -0.0712. The molecule has 0 unspecified atom stereocenters. The zero-order valence-electron chi connectivity index (χ0n) is 17.9. The van der Waals surface area contributed by atoms with Gasteiger partial charge >= 0.3 is 0 Å². The average Bonchev–Trinajstić information content (AvgIpc) is 3.41. The van der Waals surface area contributed by atoms with Crippen LogP contribution in [0, 0.1) is 6.92 Å². The minimum Gasteiger partial charge on any atom is -0.487 e. The number of para-hydroxylation sites is 1. The van der Waals surface area contributed by atoms with E-state index in [9.17, 15) is 4.79 Å². The van der Waals surface area contributed by atoms with Crippen LogP contribution >= 0.6 is 11.3 Å². The van der Waals surface area contributed by atoms with Gasteiger partial charge in [-0.2, -0.15) is 0 Å². The molecular formula is C25H22N4O2S. The first-order valence-electron chi connectivity index (χ1n) is 10.3. The normalized spacial score (nSPS) is 11.2. The van der Waals surface area contributed by atoms with Gasteiger partial charge in [-0.3, -0.25) is 4.79 Å². The summed E-state index contributed by atoms with van der Waals surface area (Å²) in [5.41, 5.74) is 4.42. The van der Waals surface area contributed by atoms with Gasteiger partial charge in [-0.05, 0) is 48.9 Å². The highest BCUT2D eigenvalue weighted by Crippen LogP contribution is 2.23. The maximum Gasteiger partial charge on any atom is 0.254 e. The fraction of sp³-hybridized carbons (Fsp3) is 0.160. The lowest BCUT2D eigenvalue weighted by atomic mass is 10.2. The molecule has 32 heavy (non-hydrogen) atoms. The van der Waals surface area contributed by atoms with Gasteiger partial charge in [0.25, 0.3) is 5.91 Å². The van der Waals surface area contributed by atoms with Crippen LogP contribution in [0.15, 0.2) is 73.1 Å². The third-order valence-electron chi connectivity index (χ3n) is 5.25. The highest BCUT2D eigenvalue weighted by atomic mass is 32.1. The lowest BCUT2D eigenvalue weighted by Crippen LogP contribution is -2.26. The van der Waals surface area contributed by atoms with Crippen LogP contribution in [-0.4, -0.2) is 32.2 Å². The number of benzene rings is 2. The average molecular weight is 443 g/mol. The summed E-state index contributed by atoms with van der Waals surface area (Å²) in [5.74, 6) is 0.566. The Morgan fingerprint density at radius 1 is 1.09 bits per heavy atom. The molecule has 0 aliphatic heterocycles. The van der Waals surface area contributed by atoms with E-state index >= 15 is 0 Å². The molecule has 0 saturated carbocycles. The molecule has 3 heterocycles. The number of fused-ring (bicyclic) bond motifs is 2. The van der Waals surface area contributed by atoms with E-state index in [1.807, 2.05) is 72.2 Å². The highest BCUT2D eigenvalue weighted by molar-refractivity contribution is 7.18. The second-order valence-corrected chi connectivity index (χ2v) is 8.82. The van der Waals surface area contributed by atoms with Crippen molar-refractivity contribution in [3.8, 4) is 5.75 Å². The van der Waals surface area contributed by atoms with Crippen LogP contribution in [0.3, 0.4) is 0 Å². The Kier molecular flexibility index (Phi) is 5.33. The number of hydrogen-bond donors (Lipinski definition) is 0. The van der Waals surface area contributed by atoms with Crippen molar-refractivity contribution in [3.63, 3.8) is 0 Å². The van der Waals surface area contributed by atoms with Crippen molar-refractivity contribution in [1.82, 2.24) is 19.3 Å². The monoisotopic (exact) mass is 442 g/mol.